The highest BCUT2D eigenvalue weighted by Gasteiger charge is 2.43. The molecule has 1 amide bonds. The number of carbonyl (C=O) groups excluding carboxylic acids is 1. The minimum atomic E-state index is -0.759. The lowest BCUT2D eigenvalue weighted by atomic mass is 9.97. The van der Waals surface area contributed by atoms with Crippen LogP contribution in [0.3, 0.4) is 0 Å². The van der Waals surface area contributed by atoms with Gasteiger partial charge in [-0.25, -0.2) is 0 Å². The molecule has 3 heterocycles. The van der Waals surface area contributed by atoms with Crippen molar-refractivity contribution in [3.8, 4) is 0 Å². The quantitative estimate of drug-likeness (QED) is 0.344. The van der Waals surface area contributed by atoms with E-state index in [4.69, 9.17) is 8.83 Å². The molecule has 2 aromatic heterocycles. The lowest BCUT2D eigenvalue weighted by Gasteiger charge is -2.24. The van der Waals surface area contributed by atoms with Crippen LogP contribution in [0.15, 0.2) is 68.4 Å². The summed E-state index contributed by atoms with van der Waals surface area (Å²) in [7, 11) is 0. The molecular weight excluding hydrogens is 412 g/mol. The van der Waals surface area contributed by atoms with E-state index < -0.39 is 16.9 Å². The van der Waals surface area contributed by atoms with Crippen LogP contribution in [0.1, 0.15) is 44.6 Å². The van der Waals surface area contributed by atoms with E-state index in [-0.39, 0.29) is 29.0 Å². The summed E-state index contributed by atoms with van der Waals surface area (Å²) in [4.78, 5) is 39.0. The summed E-state index contributed by atoms with van der Waals surface area (Å²) < 4.78 is 11.4. The highest BCUT2D eigenvalue weighted by molar-refractivity contribution is 5.99. The summed E-state index contributed by atoms with van der Waals surface area (Å²) in [6.07, 6.45) is 1.51. The third-order valence-electron chi connectivity index (χ3n) is 5.91. The Bertz CT molecular complexity index is 1430. The molecule has 1 atom stereocenters. The third kappa shape index (κ3) is 2.99. The fraction of sp³-hybridized carbons (Fsp3) is 0.167. The largest absolute Gasteiger partial charge is 0.467 e. The number of furan rings is 1. The number of carbonyl (C=O) groups is 1. The maximum atomic E-state index is 13.6. The average molecular weight is 430 g/mol. The predicted octanol–water partition coefficient (Wildman–Crippen LogP) is 4.66. The number of nitro groups is 1. The minimum absolute atomic E-state index is 0.0133. The minimum Gasteiger partial charge on any atom is -0.467 e. The molecule has 0 aliphatic carbocycles. The Kier molecular flexibility index (Phi) is 4.44. The molecule has 1 aliphatic heterocycles. The van der Waals surface area contributed by atoms with Gasteiger partial charge < -0.3 is 13.7 Å². The average Bonchev–Trinajstić information content (AvgIpc) is 3.38. The van der Waals surface area contributed by atoms with Gasteiger partial charge in [0.25, 0.3) is 11.6 Å². The number of benzene rings is 2. The highest BCUT2D eigenvalue weighted by atomic mass is 16.6. The van der Waals surface area contributed by atoms with Crippen molar-refractivity contribution >= 4 is 22.6 Å². The second-order valence-electron chi connectivity index (χ2n) is 7.87. The summed E-state index contributed by atoms with van der Waals surface area (Å²) >= 11 is 0. The van der Waals surface area contributed by atoms with Gasteiger partial charge in [-0.3, -0.25) is 19.7 Å². The molecule has 1 aliphatic rings. The van der Waals surface area contributed by atoms with Crippen molar-refractivity contribution in [1.82, 2.24) is 4.90 Å². The number of nitro benzene ring substituents is 1. The highest BCUT2D eigenvalue weighted by Crippen LogP contribution is 2.39. The SMILES string of the molecule is Cc1cc2oc3c(c(=O)c2cc1C)C(c1ccc([N+](=O)[O-])cc1)N(Cc1ccco1)C3=O. The molecule has 0 spiro atoms. The fourth-order valence-corrected chi connectivity index (χ4v) is 4.13. The van der Waals surface area contributed by atoms with Gasteiger partial charge in [0, 0.05) is 12.1 Å². The van der Waals surface area contributed by atoms with Crippen LogP contribution in [-0.4, -0.2) is 15.7 Å². The molecular formula is C24H18N2O6. The maximum Gasteiger partial charge on any atom is 0.291 e. The summed E-state index contributed by atoms with van der Waals surface area (Å²) in [5.41, 5.74) is 2.68. The lowest BCUT2D eigenvalue weighted by molar-refractivity contribution is -0.384. The van der Waals surface area contributed by atoms with Crippen molar-refractivity contribution < 1.29 is 18.6 Å². The molecule has 2 aromatic carbocycles. The number of fused-ring (bicyclic) bond motifs is 2. The first kappa shape index (κ1) is 19.7. The van der Waals surface area contributed by atoms with Crippen LogP contribution in [0.25, 0.3) is 11.0 Å². The Morgan fingerprint density at radius 1 is 1.06 bits per heavy atom. The number of non-ortho nitro benzene ring substituents is 1. The van der Waals surface area contributed by atoms with E-state index in [1.165, 1.54) is 23.3 Å². The van der Waals surface area contributed by atoms with Crippen molar-refractivity contribution in [3.63, 3.8) is 0 Å². The number of amides is 1. The molecule has 32 heavy (non-hydrogen) atoms. The van der Waals surface area contributed by atoms with Gasteiger partial charge in [0.05, 0.1) is 34.7 Å². The number of hydrogen-bond acceptors (Lipinski definition) is 6. The van der Waals surface area contributed by atoms with Crippen molar-refractivity contribution in [2.45, 2.75) is 26.4 Å². The van der Waals surface area contributed by atoms with Gasteiger partial charge in [-0.1, -0.05) is 0 Å². The topological polar surface area (TPSA) is 107 Å². The summed E-state index contributed by atoms with van der Waals surface area (Å²) in [6.45, 7) is 3.93. The smallest absolute Gasteiger partial charge is 0.291 e. The van der Waals surface area contributed by atoms with Crippen LogP contribution in [0.5, 0.6) is 0 Å². The van der Waals surface area contributed by atoms with E-state index in [9.17, 15) is 19.7 Å². The first-order chi connectivity index (χ1) is 15.3. The van der Waals surface area contributed by atoms with Gasteiger partial charge in [0.15, 0.2) is 5.43 Å². The molecule has 160 valence electrons. The molecule has 5 rings (SSSR count). The summed E-state index contributed by atoms with van der Waals surface area (Å²) in [5.74, 6) is 0.0967. The first-order valence-corrected chi connectivity index (χ1v) is 10.0. The third-order valence-corrected chi connectivity index (χ3v) is 5.91. The van der Waals surface area contributed by atoms with Crippen LogP contribution in [0, 0.1) is 24.0 Å². The Morgan fingerprint density at radius 2 is 1.78 bits per heavy atom. The van der Waals surface area contributed by atoms with Crippen molar-refractivity contribution in [2.75, 3.05) is 0 Å². The molecule has 1 unspecified atom stereocenters. The second kappa shape index (κ2) is 7.19. The molecule has 0 saturated heterocycles. The fourth-order valence-electron chi connectivity index (χ4n) is 4.13. The van der Waals surface area contributed by atoms with Crippen molar-refractivity contribution in [3.05, 3.63) is 109 Å². The van der Waals surface area contributed by atoms with E-state index in [1.807, 2.05) is 13.8 Å². The van der Waals surface area contributed by atoms with E-state index in [1.54, 1.807) is 36.4 Å². The second-order valence-corrected chi connectivity index (χ2v) is 7.87. The summed E-state index contributed by atoms with van der Waals surface area (Å²) in [5, 5.41) is 11.5. The van der Waals surface area contributed by atoms with Gasteiger partial charge in [-0.05, 0) is 66.9 Å². The van der Waals surface area contributed by atoms with Gasteiger partial charge in [0.1, 0.15) is 11.3 Å². The number of aryl methyl sites for hydroxylation is 2. The molecule has 0 fully saturated rings. The molecule has 0 N–H and O–H groups in total. The van der Waals surface area contributed by atoms with E-state index in [0.29, 0.717) is 22.3 Å². The monoisotopic (exact) mass is 430 g/mol. The van der Waals surface area contributed by atoms with Crippen molar-refractivity contribution in [1.29, 1.82) is 0 Å². The van der Waals surface area contributed by atoms with Crippen LogP contribution in [0.4, 0.5) is 5.69 Å². The normalized spacial score (nSPS) is 15.4. The number of rotatable bonds is 4. The molecule has 4 aromatic rings. The van der Waals surface area contributed by atoms with E-state index in [0.717, 1.165) is 11.1 Å². The first-order valence-electron chi connectivity index (χ1n) is 10.0. The maximum absolute atomic E-state index is 13.6. The standard InChI is InChI=1S/C24H18N2O6/c1-13-10-18-19(11-14(13)2)32-23-20(22(18)27)21(15-5-7-16(8-6-15)26(29)30)25(24(23)28)12-17-4-3-9-31-17/h3-11,21H,12H2,1-2H3. The lowest BCUT2D eigenvalue weighted by Crippen LogP contribution is -2.29. The Balaban J connectivity index is 1.74. The molecule has 8 heteroatoms. The Morgan fingerprint density at radius 3 is 2.44 bits per heavy atom. The zero-order chi connectivity index (χ0) is 22.6. The Hall–Kier alpha value is -4.20. The molecule has 0 radical (unpaired) electrons. The van der Waals surface area contributed by atoms with Gasteiger partial charge in [-0.15, -0.1) is 0 Å². The Labute approximate surface area is 181 Å². The van der Waals surface area contributed by atoms with E-state index in [2.05, 4.69) is 0 Å². The molecule has 8 nitrogen and oxygen atoms in total. The van der Waals surface area contributed by atoms with Crippen molar-refractivity contribution in [2.24, 2.45) is 0 Å². The summed E-state index contributed by atoms with van der Waals surface area (Å²) in [6, 6.07) is 12.1. The van der Waals surface area contributed by atoms with Gasteiger partial charge in [0.2, 0.25) is 5.76 Å². The van der Waals surface area contributed by atoms with Crippen LogP contribution in [0.2, 0.25) is 0 Å². The van der Waals surface area contributed by atoms with Gasteiger partial charge in [-0.2, -0.15) is 0 Å². The van der Waals surface area contributed by atoms with E-state index >= 15 is 0 Å². The number of hydrogen-bond donors (Lipinski definition) is 0. The predicted molar refractivity (Wildman–Crippen MR) is 115 cm³/mol. The molecule has 0 saturated carbocycles. The zero-order valence-corrected chi connectivity index (χ0v) is 17.3. The van der Waals surface area contributed by atoms with Crippen LogP contribution in [-0.2, 0) is 6.54 Å². The van der Waals surface area contributed by atoms with Gasteiger partial charge >= 0.3 is 0 Å². The zero-order valence-electron chi connectivity index (χ0n) is 17.3. The number of nitrogens with zero attached hydrogens (tertiary/aromatic N) is 2. The van der Waals surface area contributed by atoms with Crippen LogP contribution < -0.4 is 5.43 Å². The van der Waals surface area contributed by atoms with Crippen LogP contribution >= 0.6 is 0 Å². The molecule has 0 bridgehead atoms.